The maximum Gasteiger partial charge on any atom is 0.319 e. The predicted molar refractivity (Wildman–Crippen MR) is 134 cm³/mol. The normalized spacial score (nSPS) is 17.3. The van der Waals surface area contributed by atoms with Crippen molar-refractivity contribution < 1.29 is 23.9 Å². The van der Waals surface area contributed by atoms with Gasteiger partial charge in [-0.1, -0.05) is 48.2 Å². The molecule has 2 amide bonds. The van der Waals surface area contributed by atoms with Gasteiger partial charge in [0.15, 0.2) is 0 Å². The fraction of sp³-hybridized carbons (Fsp3) is 0.308. The number of thioether (sulfide) groups is 1. The zero-order valence-corrected chi connectivity index (χ0v) is 20.6. The van der Waals surface area contributed by atoms with Gasteiger partial charge < -0.3 is 20.1 Å². The zero-order valence-electron chi connectivity index (χ0n) is 19.8. The summed E-state index contributed by atoms with van der Waals surface area (Å²) >= 11 is 1.03. The monoisotopic (exact) mass is 493 g/mol. The number of aryl methyl sites for hydroxylation is 1. The standard InChI is InChI=1S/C26H27N3O5S/c1-4-33-20-13-9-7-11-17(20)22-18(14-27)25(29-24(31)23(22)26(32)34-5-2)35-15-21(30)28-19-12-8-6-10-16(19)3/h6-13,22-23H,4-5,15H2,1-3H3,(H,28,30)(H,29,31)/t22-,23+/m1/s1. The van der Waals surface area contributed by atoms with Gasteiger partial charge in [-0.15, -0.1) is 0 Å². The second-order valence-electron chi connectivity index (χ2n) is 7.67. The first kappa shape index (κ1) is 25.8. The first-order chi connectivity index (χ1) is 16.9. The average Bonchev–Trinajstić information content (AvgIpc) is 2.84. The van der Waals surface area contributed by atoms with Crippen molar-refractivity contribution in [2.45, 2.75) is 26.7 Å². The van der Waals surface area contributed by atoms with E-state index < -0.39 is 23.7 Å². The Bertz CT molecular complexity index is 1190. The second kappa shape index (κ2) is 12.1. The Balaban J connectivity index is 1.96. The first-order valence-corrected chi connectivity index (χ1v) is 12.2. The molecule has 0 saturated carbocycles. The van der Waals surface area contributed by atoms with Crippen LogP contribution in [0.5, 0.6) is 5.75 Å². The quantitative estimate of drug-likeness (QED) is 0.402. The van der Waals surface area contributed by atoms with E-state index in [9.17, 15) is 19.6 Å². The van der Waals surface area contributed by atoms with Gasteiger partial charge in [-0.25, -0.2) is 0 Å². The van der Waals surface area contributed by atoms with E-state index in [1.807, 2.05) is 32.0 Å². The van der Waals surface area contributed by atoms with E-state index in [2.05, 4.69) is 16.7 Å². The van der Waals surface area contributed by atoms with E-state index in [1.54, 1.807) is 37.3 Å². The van der Waals surface area contributed by atoms with Gasteiger partial charge in [-0.3, -0.25) is 14.4 Å². The number of nitrogens with one attached hydrogen (secondary N) is 2. The van der Waals surface area contributed by atoms with E-state index in [0.717, 1.165) is 17.3 Å². The zero-order chi connectivity index (χ0) is 25.4. The molecule has 182 valence electrons. The number of hydrogen-bond donors (Lipinski definition) is 2. The molecule has 2 atom stereocenters. The van der Waals surface area contributed by atoms with Gasteiger partial charge in [0.1, 0.15) is 11.7 Å². The summed E-state index contributed by atoms with van der Waals surface area (Å²) in [5.41, 5.74) is 2.30. The molecule has 0 spiro atoms. The Hall–Kier alpha value is -3.77. The number of benzene rings is 2. The summed E-state index contributed by atoms with van der Waals surface area (Å²) in [4.78, 5) is 38.5. The Labute approximate surface area is 208 Å². The molecule has 0 fully saturated rings. The molecule has 2 N–H and O–H groups in total. The molecule has 0 radical (unpaired) electrons. The number of amides is 2. The van der Waals surface area contributed by atoms with Crippen LogP contribution in [0.15, 0.2) is 59.1 Å². The lowest BCUT2D eigenvalue weighted by Gasteiger charge is -2.32. The minimum Gasteiger partial charge on any atom is -0.494 e. The number of nitrogens with zero attached hydrogens (tertiary/aromatic N) is 1. The van der Waals surface area contributed by atoms with Crippen LogP contribution in [0.1, 0.15) is 30.9 Å². The van der Waals surface area contributed by atoms with Crippen molar-refractivity contribution in [3.63, 3.8) is 0 Å². The third-order valence-corrected chi connectivity index (χ3v) is 6.41. The fourth-order valence-corrected chi connectivity index (χ4v) is 4.67. The molecule has 2 aromatic carbocycles. The Morgan fingerprint density at radius 3 is 2.51 bits per heavy atom. The summed E-state index contributed by atoms with van der Waals surface area (Å²) in [5.74, 6) is -3.37. The summed E-state index contributed by atoms with van der Waals surface area (Å²) in [7, 11) is 0. The highest BCUT2D eigenvalue weighted by Gasteiger charge is 2.45. The predicted octanol–water partition coefficient (Wildman–Crippen LogP) is 3.89. The summed E-state index contributed by atoms with van der Waals surface area (Å²) < 4.78 is 10.9. The molecule has 1 heterocycles. The SMILES string of the molecule is CCOC(=O)[C@@H]1C(=O)NC(SCC(=O)Nc2ccccc2C)=C(C#N)[C@H]1c1ccccc1OCC. The van der Waals surface area contributed by atoms with E-state index in [-0.39, 0.29) is 28.9 Å². The van der Waals surface area contributed by atoms with Crippen LogP contribution < -0.4 is 15.4 Å². The maximum atomic E-state index is 13.1. The molecule has 3 rings (SSSR count). The summed E-state index contributed by atoms with van der Waals surface area (Å²) in [6, 6.07) is 16.5. The van der Waals surface area contributed by atoms with E-state index in [4.69, 9.17) is 9.47 Å². The Morgan fingerprint density at radius 1 is 1.11 bits per heavy atom. The van der Waals surface area contributed by atoms with Gasteiger partial charge >= 0.3 is 5.97 Å². The molecule has 0 aliphatic carbocycles. The number of rotatable bonds is 9. The number of allylic oxidation sites excluding steroid dienone is 1. The molecule has 35 heavy (non-hydrogen) atoms. The van der Waals surface area contributed by atoms with Gasteiger partial charge in [0.2, 0.25) is 11.8 Å². The van der Waals surface area contributed by atoms with Gasteiger partial charge in [0, 0.05) is 17.2 Å². The summed E-state index contributed by atoms with van der Waals surface area (Å²) in [6.45, 7) is 5.82. The number of ether oxygens (including phenoxy) is 2. The van der Waals surface area contributed by atoms with Crippen molar-refractivity contribution in [3.8, 4) is 11.8 Å². The molecule has 2 aromatic rings. The van der Waals surface area contributed by atoms with E-state index in [1.165, 1.54) is 0 Å². The molecule has 0 unspecified atom stereocenters. The third kappa shape index (κ3) is 6.03. The Kier molecular flexibility index (Phi) is 8.92. The smallest absolute Gasteiger partial charge is 0.319 e. The van der Waals surface area contributed by atoms with Gasteiger partial charge in [0.05, 0.1) is 35.6 Å². The lowest BCUT2D eigenvalue weighted by atomic mass is 9.78. The van der Waals surface area contributed by atoms with Gasteiger partial charge in [0.25, 0.3) is 0 Å². The largest absolute Gasteiger partial charge is 0.494 e. The number of anilines is 1. The minimum absolute atomic E-state index is 0.0426. The number of carbonyl (C=O) groups excluding carboxylic acids is 3. The van der Waals surface area contributed by atoms with Crippen LogP contribution >= 0.6 is 11.8 Å². The summed E-state index contributed by atoms with van der Waals surface area (Å²) in [5, 5.41) is 15.8. The summed E-state index contributed by atoms with van der Waals surface area (Å²) in [6.07, 6.45) is 0. The Morgan fingerprint density at radius 2 is 1.83 bits per heavy atom. The van der Waals surface area contributed by atoms with Crippen molar-refractivity contribution in [2.75, 3.05) is 24.3 Å². The molecule has 0 aromatic heterocycles. The molecule has 0 bridgehead atoms. The number of hydrogen-bond acceptors (Lipinski definition) is 7. The topological polar surface area (TPSA) is 118 Å². The highest BCUT2D eigenvalue weighted by atomic mass is 32.2. The third-order valence-electron chi connectivity index (χ3n) is 5.39. The minimum atomic E-state index is -1.27. The van der Waals surface area contributed by atoms with Crippen molar-refractivity contribution in [3.05, 3.63) is 70.3 Å². The molecule has 8 nitrogen and oxygen atoms in total. The van der Waals surface area contributed by atoms with Crippen LogP contribution in [0.3, 0.4) is 0 Å². The van der Waals surface area contributed by atoms with Crippen molar-refractivity contribution in [2.24, 2.45) is 5.92 Å². The van der Waals surface area contributed by atoms with Gasteiger partial charge in [-0.05, 0) is 38.5 Å². The molecule has 1 aliphatic heterocycles. The number of para-hydroxylation sites is 2. The number of esters is 1. The maximum absolute atomic E-state index is 13.1. The number of nitriles is 1. The molecular formula is C26H27N3O5S. The van der Waals surface area contributed by atoms with Crippen LogP contribution in [0.2, 0.25) is 0 Å². The van der Waals surface area contributed by atoms with Crippen molar-refractivity contribution >= 4 is 35.2 Å². The van der Waals surface area contributed by atoms with Crippen LogP contribution in [0, 0.1) is 24.2 Å². The van der Waals surface area contributed by atoms with E-state index in [0.29, 0.717) is 23.6 Å². The fourth-order valence-electron chi connectivity index (χ4n) is 3.82. The van der Waals surface area contributed by atoms with Gasteiger partial charge in [-0.2, -0.15) is 5.26 Å². The van der Waals surface area contributed by atoms with Crippen LogP contribution in [0.25, 0.3) is 0 Å². The molecular weight excluding hydrogens is 466 g/mol. The lowest BCUT2D eigenvalue weighted by molar-refractivity contribution is -0.152. The average molecular weight is 494 g/mol. The van der Waals surface area contributed by atoms with Crippen LogP contribution in [-0.2, 0) is 19.1 Å². The van der Waals surface area contributed by atoms with Crippen molar-refractivity contribution in [1.29, 1.82) is 5.26 Å². The van der Waals surface area contributed by atoms with Crippen LogP contribution in [-0.4, -0.2) is 36.8 Å². The second-order valence-corrected chi connectivity index (χ2v) is 8.66. The molecule has 1 aliphatic rings. The number of carbonyl (C=O) groups is 3. The molecule has 0 saturated heterocycles. The first-order valence-electron chi connectivity index (χ1n) is 11.2. The van der Waals surface area contributed by atoms with Crippen molar-refractivity contribution in [1.82, 2.24) is 5.32 Å². The lowest BCUT2D eigenvalue weighted by Crippen LogP contribution is -2.44. The highest BCUT2D eigenvalue weighted by molar-refractivity contribution is 8.03. The van der Waals surface area contributed by atoms with Crippen LogP contribution in [0.4, 0.5) is 5.69 Å². The molecule has 9 heteroatoms. The highest BCUT2D eigenvalue weighted by Crippen LogP contribution is 2.43. The van der Waals surface area contributed by atoms with E-state index >= 15 is 0 Å².